The second kappa shape index (κ2) is 6.72. The third-order valence-electron chi connectivity index (χ3n) is 2.92. The van der Waals surface area contributed by atoms with Crippen LogP contribution >= 0.6 is 0 Å². The first-order valence-electron chi connectivity index (χ1n) is 5.90. The van der Waals surface area contributed by atoms with Crippen LogP contribution in [0.1, 0.15) is 57.8 Å². The molecule has 3 heteroatoms. The summed E-state index contributed by atoms with van der Waals surface area (Å²) in [6.45, 7) is 0. The molecule has 1 N–H and O–H groups in total. The number of carbonyl (C=O) groups excluding carboxylic acids is 2. The molecule has 0 unspecified atom stereocenters. The molecule has 2 aliphatic rings. The number of aliphatic hydroxyl groups is 1. The van der Waals surface area contributed by atoms with E-state index in [0.717, 1.165) is 25.7 Å². The Hall–Kier alpha value is -0.700. The summed E-state index contributed by atoms with van der Waals surface area (Å²) in [5.74, 6) is 0.765. The van der Waals surface area contributed by atoms with Crippen molar-refractivity contribution in [1.82, 2.24) is 0 Å². The monoisotopic (exact) mass is 212 g/mol. The number of hydrogen-bond acceptors (Lipinski definition) is 3. The van der Waals surface area contributed by atoms with Gasteiger partial charge in [-0.05, 0) is 25.7 Å². The summed E-state index contributed by atoms with van der Waals surface area (Å²) in [4.78, 5) is 21.0. The Morgan fingerprint density at radius 3 is 1.60 bits per heavy atom. The Bertz CT molecular complexity index is 205. The molecule has 0 bridgehead atoms. The lowest BCUT2D eigenvalue weighted by molar-refractivity contribution is -0.122. The zero-order valence-electron chi connectivity index (χ0n) is 9.21. The lowest BCUT2D eigenvalue weighted by Gasteiger charge is -2.13. The third-order valence-corrected chi connectivity index (χ3v) is 2.92. The summed E-state index contributed by atoms with van der Waals surface area (Å²) in [6.07, 6.45) is 7.57. The first kappa shape index (κ1) is 12.4. The Morgan fingerprint density at radius 2 is 1.27 bits per heavy atom. The standard InChI is InChI=1S/C6H10O2.C6H10O/c7-5-1-2-6(8)4-3-5;7-6-4-2-1-3-5-6/h5,7H,1-4H2;1-5H2. The van der Waals surface area contributed by atoms with Crippen LogP contribution in [-0.4, -0.2) is 22.8 Å². The first-order chi connectivity index (χ1) is 7.18. The quantitative estimate of drug-likeness (QED) is 0.668. The second-order valence-corrected chi connectivity index (χ2v) is 4.37. The minimum absolute atomic E-state index is 0.201. The van der Waals surface area contributed by atoms with E-state index in [0.29, 0.717) is 37.2 Å². The van der Waals surface area contributed by atoms with Crippen LogP contribution in [0.2, 0.25) is 0 Å². The van der Waals surface area contributed by atoms with Crippen molar-refractivity contribution in [3.63, 3.8) is 0 Å². The molecule has 0 amide bonds. The van der Waals surface area contributed by atoms with E-state index in [4.69, 9.17) is 5.11 Å². The smallest absolute Gasteiger partial charge is 0.133 e. The van der Waals surface area contributed by atoms with Gasteiger partial charge in [0, 0.05) is 25.7 Å². The van der Waals surface area contributed by atoms with E-state index < -0.39 is 0 Å². The number of aliphatic hydroxyl groups excluding tert-OH is 1. The van der Waals surface area contributed by atoms with Gasteiger partial charge in [0.05, 0.1) is 6.10 Å². The zero-order valence-corrected chi connectivity index (χ0v) is 9.21. The molecular formula is C12H20O3. The molecule has 2 fully saturated rings. The van der Waals surface area contributed by atoms with Gasteiger partial charge in [-0.2, -0.15) is 0 Å². The van der Waals surface area contributed by atoms with Gasteiger partial charge in [-0.3, -0.25) is 9.59 Å². The van der Waals surface area contributed by atoms with E-state index in [2.05, 4.69) is 0 Å². The van der Waals surface area contributed by atoms with Crippen LogP contribution in [0.4, 0.5) is 0 Å². The van der Waals surface area contributed by atoms with Crippen molar-refractivity contribution in [3.8, 4) is 0 Å². The number of Topliss-reactive ketones (excluding diaryl/α,β-unsaturated/α-hetero) is 2. The SMILES string of the molecule is O=C1CCC(O)CC1.O=C1CCCCC1. The summed E-state index contributed by atoms with van der Waals surface area (Å²) in [7, 11) is 0. The van der Waals surface area contributed by atoms with E-state index in [-0.39, 0.29) is 6.10 Å². The predicted octanol–water partition coefficient (Wildman–Crippen LogP) is 2.01. The van der Waals surface area contributed by atoms with Gasteiger partial charge in [0.1, 0.15) is 11.6 Å². The minimum Gasteiger partial charge on any atom is -0.393 e. The highest BCUT2D eigenvalue weighted by atomic mass is 16.3. The molecule has 0 spiro atoms. The topological polar surface area (TPSA) is 54.4 Å². The number of rotatable bonds is 0. The first-order valence-corrected chi connectivity index (χ1v) is 5.90. The van der Waals surface area contributed by atoms with Crippen molar-refractivity contribution >= 4 is 11.6 Å². The summed E-state index contributed by atoms with van der Waals surface area (Å²) < 4.78 is 0. The van der Waals surface area contributed by atoms with Crippen LogP contribution in [0.3, 0.4) is 0 Å². The fourth-order valence-corrected chi connectivity index (χ4v) is 1.87. The molecule has 86 valence electrons. The molecule has 0 aromatic rings. The highest BCUT2D eigenvalue weighted by molar-refractivity contribution is 5.79. The van der Waals surface area contributed by atoms with E-state index in [1.807, 2.05) is 0 Å². The maximum absolute atomic E-state index is 10.5. The molecule has 0 atom stereocenters. The van der Waals surface area contributed by atoms with Crippen LogP contribution in [0.15, 0.2) is 0 Å². The normalized spacial score (nSPS) is 23.3. The molecule has 0 aliphatic heterocycles. The van der Waals surface area contributed by atoms with Gasteiger partial charge in [-0.1, -0.05) is 6.42 Å². The van der Waals surface area contributed by atoms with Crippen molar-refractivity contribution in [2.24, 2.45) is 0 Å². The highest BCUT2D eigenvalue weighted by Crippen LogP contribution is 2.13. The second-order valence-electron chi connectivity index (χ2n) is 4.37. The fourth-order valence-electron chi connectivity index (χ4n) is 1.87. The van der Waals surface area contributed by atoms with Gasteiger partial charge in [-0.25, -0.2) is 0 Å². The molecule has 2 rings (SSSR count). The van der Waals surface area contributed by atoms with E-state index in [9.17, 15) is 9.59 Å². The Labute approximate surface area is 90.9 Å². The van der Waals surface area contributed by atoms with Crippen LogP contribution in [-0.2, 0) is 9.59 Å². The van der Waals surface area contributed by atoms with Crippen LogP contribution in [0.5, 0.6) is 0 Å². The van der Waals surface area contributed by atoms with Gasteiger partial charge in [0.25, 0.3) is 0 Å². The largest absolute Gasteiger partial charge is 0.393 e. The van der Waals surface area contributed by atoms with Gasteiger partial charge >= 0.3 is 0 Å². The Morgan fingerprint density at radius 1 is 0.800 bits per heavy atom. The van der Waals surface area contributed by atoms with Gasteiger partial charge in [0.2, 0.25) is 0 Å². The highest BCUT2D eigenvalue weighted by Gasteiger charge is 2.15. The number of hydrogen-bond donors (Lipinski definition) is 1. The van der Waals surface area contributed by atoms with Crippen LogP contribution in [0.25, 0.3) is 0 Å². The van der Waals surface area contributed by atoms with Crippen molar-refractivity contribution in [2.45, 2.75) is 63.9 Å². The predicted molar refractivity (Wildman–Crippen MR) is 57.6 cm³/mol. The molecular weight excluding hydrogens is 192 g/mol. The molecule has 2 aliphatic carbocycles. The van der Waals surface area contributed by atoms with E-state index >= 15 is 0 Å². The lowest BCUT2D eigenvalue weighted by Crippen LogP contribution is -2.17. The molecule has 0 aromatic heterocycles. The lowest BCUT2D eigenvalue weighted by atomic mass is 9.97. The van der Waals surface area contributed by atoms with E-state index in [1.165, 1.54) is 6.42 Å². The molecule has 3 nitrogen and oxygen atoms in total. The molecule has 15 heavy (non-hydrogen) atoms. The minimum atomic E-state index is -0.201. The van der Waals surface area contributed by atoms with Crippen molar-refractivity contribution in [1.29, 1.82) is 0 Å². The fraction of sp³-hybridized carbons (Fsp3) is 0.833. The maximum Gasteiger partial charge on any atom is 0.133 e. The molecule has 2 saturated carbocycles. The molecule has 0 aromatic carbocycles. The average Bonchev–Trinajstić information content (AvgIpc) is 2.25. The molecule has 0 heterocycles. The average molecular weight is 212 g/mol. The van der Waals surface area contributed by atoms with Gasteiger partial charge < -0.3 is 5.11 Å². The van der Waals surface area contributed by atoms with Gasteiger partial charge in [-0.15, -0.1) is 0 Å². The summed E-state index contributed by atoms with van der Waals surface area (Å²) in [6, 6.07) is 0. The Balaban J connectivity index is 0.000000151. The van der Waals surface area contributed by atoms with Crippen LogP contribution < -0.4 is 0 Å². The summed E-state index contributed by atoms with van der Waals surface area (Å²) >= 11 is 0. The van der Waals surface area contributed by atoms with Gasteiger partial charge in [0.15, 0.2) is 0 Å². The Kier molecular flexibility index (Phi) is 5.54. The number of ketones is 2. The van der Waals surface area contributed by atoms with Crippen molar-refractivity contribution < 1.29 is 14.7 Å². The maximum atomic E-state index is 10.5. The van der Waals surface area contributed by atoms with Crippen molar-refractivity contribution in [3.05, 3.63) is 0 Å². The van der Waals surface area contributed by atoms with Crippen LogP contribution in [0, 0.1) is 0 Å². The zero-order chi connectivity index (χ0) is 11.1. The number of carbonyl (C=O) groups is 2. The summed E-state index contributed by atoms with van der Waals surface area (Å²) in [5, 5.41) is 8.87. The molecule has 0 radical (unpaired) electrons. The molecule has 0 saturated heterocycles. The van der Waals surface area contributed by atoms with Crippen molar-refractivity contribution in [2.75, 3.05) is 0 Å². The third kappa shape index (κ3) is 5.67. The van der Waals surface area contributed by atoms with E-state index in [1.54, 1.807) is 0 Å². The summed E-state index contributed by atoms with van der Waals surface area (Å²) in [5.41, 5.74) is 0.